The fourth-order valence-electron chi connectivity index (χ4n) is 2.64. The van der Waals surface area contributed by atoms with E-state index >= 15 is 0 Å². The minimum Gasteiger partial charge on any atom is -0.489 e. The minimum absolute atomic E-state index is 0.0455. The maximum absolute atomic E-state index is 12.4. The highest BCUT2D eigenvalue weighted by molar-refractivity contribution is 5.85. The van der Waals surface area contributed by atoms with Gasteiger partial charge in [-0.3, -0.25) is 4.79 Å². The van der Waals surface area contributed by atoms with Crippen LogP contribution in [0.2, 0.25) is 0 Å². The summed E-state index contributed by atoms with van der Waals surface area (Å²) in [5.74, 6) is 0.770. The molecule has 0 aliphatic carbocycles. The molecule has 1 amide bonds. The maximum Gasteiger partial charge on any atom is 0.252 e. The van der Waals surface area contributed by atoms with Gasteiger partial charge in [0.1, 0.15) is 17.5 Å². The lowest BCUT2D eigenvalue weighted by Gasteiger charge is -2.35. The lowest BCUT2D eigenvalue weighted by molar-refractivity contribution is -0.147. The predicted molar refractivity (Wildman–Crippen MR) is 86.1 cm³/mol. The Kier molecular flexibility index (Phi) is 5.80. The second kappa shape index (κ2) is 7.61. The van der Waals surface area contributed by atoms with E-state index in [-0.39, 0.29) is 12.0 Å². The van der Waals surface area contributed by atoms with E-state index < -0.39 is 5.60 Å². The molecule has 1 aliphatic rings. The van der Waals surface area contributed by atoms with Crippen molar-refractivity contribution in [3.8, 4) is 5.75 Å². The SMILES string of the molecule is COC1(C(=O)NCC(C)Oc2ccc(C)cc2)CCNCC1. The van der Waals surface area contributed by atoms with Crippen LogP contribution in [0, 0.1) is 6.92 Å². The lowest BCUT2D eigenvalue weighted by Crippen LogP contribution is -2.55. The van der Waals surface area contributed by atoms with Gasteiger partial charge in [0.15, 0.2) is 0 Å². The van der Waals surface area contributed by atoms with E-state index in [2.05, 4.69) is 10.6 Å². The molecular weight excluding hydrogens is 280 g/mol. The van der Waals surface area contributed by atoms with Crippen molar-refractivity contribution < 1.29 is 14.3 Å². The largest absolute Gasteiger partial charge is 0.489 e. The molecule has 1 unspecified atom stereocenters. The van der Waals surface area contributed by atoms with Crippen molar-refractivity contribution in [2.45, 2.75) is 38.4 Å². The summed E-state index contributed by atoms with van der Waals surface area (Å²) >= 11 is 0. The van der Waals surface area contributed by atoms with Crippen molar-refractivity contribution in [1.29, 1.82) is 0 Å². The third-order valence-electron chi connectivity index (χ3n) is 4.12. The zero-order valence-electron chi connectivity index (χ0n) is 13.6. The topological polar surface area (TPSA) is 59.6 Å². The molecule has 0 bridgehead atoms. The van der Waals surface area contributed by atoms with E-state index in [9.17, 15) is 4.79 Å². The molecule has 0 aromatic heterocycles. The van der Waals surface area contributed by atoms with Crippen molar-refractivity contribution >= 4 is 5.91 Å². The summed E-state index contributed by atoms with van der Waals surface area (Å²) in [7, 11) is 1.61. The molecule has 1 atom stereocenters. The van der Waals surface area contributed by atoms with E-state index in [1.54, 1.807) is 7.11 Å². The van der Waals surface area contributed by atoms with Crippen LogP contribution in [-0.2, 0) is 9.53 Å². The highest BCUT2D eigenvalue weighted by atomic mass is 16.5. The van der Waals surface area contributed by atoms with Gasteiger partial charge in [-0.15, -0.1) is 0 Å². The first-order valence-electron chi connectivity index (χ1n) is 7.83. The van der Waals surface area contributed by atoms with Gasteiger partial charge in [-0.25, -0.2) is 0 Å². The van der Waals surface area contributed by atoms with Crippen LogP contribution in [0.15, 0.2) is 24.3 Å². The Morgan fingerprint density at radius 3 is 2.55 bits per heavy atom. The molecule has 1 aliphatic heterocycles. The van der Waals surface area contributed by atoms with Crippen LogP contribution in [0.1, 0.15) is 25.3 Å². The molecule has 5 nitrogen and oxygen atoms in total. The Balaban J connectivity index is 1.83. The molecular formula is C17H26N2O3. The number of rotatable bonds is 6. The fraction of sp³-hybridized carbons (Fsp3) is 0.588. The number of carbonyl (C=O) groups excluding carboxylic acids is 1. The fourth-order valence-corrected chi connectivity index (χ4v) is 2.64. The van der Waals surface area contributed by atoms with E-state index in [4.69, 9.17) is 9.47 Å². The zero-order valence-corrected chi connectivity index (χ0v) is 13.6. The van der Waals surface area contributed by atoms with Crippen LogP contribution >= 0.6 is 0 Å². The van der Waals surface area contributed by atoms with Crippen molar-refractivity contribution in [3.63, 3.8) is 0 Å². The summed E-state index contributed by atoms with van der Waals surface area (Å²) in [6.45, 7) is 6.05. The molecule has 1 heterocycles. The lowest BCUT2D eigenvalue weighted by atomic mass is 9.91. The van der Waals surface area contributed by atoms with Gasteiger partial charge in [0, 0.05) is 7.11 Å². The van der Waals surface area contributed by atoms with E-state index in [0.29, 0.717) is 19.4 Å². The van der Waals surface area contributed by atoms with Gasteiger partial charge in [0.2, 0.25) is 0 Å². The number of ether oxygens (including phenoxy) is 2. The molecule has 2 rings (SSSR count). The molecule has 1 fully saturated rings. The first-order valence-corrected chi connectivity index (χ1v) is 7.83. The average Bonchev–Trinajstić information content (AvgIpc) is 2.55. The van der Waals surface area contributed by atoms with Crippen molar-refractivity contribution in [2.75, 3.05) is 26.7 Å². The van der Waals surface area contributed by atoms with Crippen molar-refractivity contribution in [1.82, 2.24) is 10.6 Å². The normalized spacial score (nSPS) is 18.5. The number of benzene rings is 1. The molecule has 0 radical (unpaired) electrons. The number of carbonyl (C=O) groups is 1. The summed E-state index contributed by atoms with van der Waals surface area (Å²) in [6, 6.07) is 7.90. The quantitative estimate of drug-likeness (QED) is 0.839. The number of aryl methyl sites for hydroxylation is 1. The number of hydrogen-bond acceptors (Lipinski definition) is 4. The van der Waals surface area contributed by atoms with Crippen LogP contribution in [0.25, 0.3) is 0 Å². The Morgan fingerprint density at radius 1 is 1.32 bits per heavy atom. The van der Waals surface area contributed by atoms with Gasteiger partial charge in [-0.05, 0) is 51.9 Å². The average molecular weight is 306 g/mol. The molecule has 1 aromatic carbocycles. The molecule has 0 spiro atoms. The van der Waals surface area contributed by atoms with E-state index in [1.807, 2.05) is 38.1 Å². The van der Waals surface area contributed by atoms with Gasteiger partial charge in [-0.2, -0.15) is 0 Å². The molecule has 1 aromatic rings. The van der Waals surface area contributed by atoms with Crippen LogP contribution in [0.4, 0.5) is 0 Å². The van der Waals surface area contributed by atoms with Crippen LogP contribution in [0.3, 0.4) is 0 Å². The number of methoxy groups -OCH3 is 1. The molecule has 5 heteroatoms. The third kappa shape index (κ3) is 4.21. The van der Waals surface area contributed by atoms with Gasteiger partial charge in [-0.1, -0.05) is 17.7 Å². The van der Waals surface area contributed by atoms with Gasteiger partial charge in [0.25, 0.3) is 5.91 Å². The van der Waals surface area contributed by atoms with Gasteiger partial charge in [0.05, 0.1) is 6.54 Å². The summed E-state index contributed by atoms with van der Waals surface area (Å²) < 4.78 is 11.3. The summed E-state index contributed by atoms with van der Waals surface area (Å²) in [6.07, 6.45) is 1.30. The summed E-state index contributed by atoms with van der Waals surface area (Å²) in [5.41, 5.74) is 0.496. The Bertz CT molecular complexity index is 481. The first kappa shape index (κ1) is 16.8. The molecule has 122 valence electrons. The predicted octanol–water partition coefficient (Wildman–Crippen LogP) is 1.65. The number of amides is 1. The Morgan fingerprint density at radius 2 is 1.95 bits per heavy atom. The van der Waals surface area contributed by atoms with Crippen LogP contribution < -0.4 is 15.4 Å². The molecule has 2 N–H and O–H groups in total. The summed E-state index contributed by atoms with van der Waals surface area (Å²) in [5, 5.41) is 6.20. The number of hydrogen-bond donors (Lipinski definition) is 2. The Hall–Kier alpha value is -1.59. The van der Waals surface area contributed by atoms with Gasteiger partial charge < -0.3 is 20.1 Å². The van der Waals surface area contributed by atoms with Crippen LogP contribution in [-0.4, -0.2) is 44.4 Å². The number of piperidine rings is 1. The summed E-state index contributed by atoms with van der Waals surface area (Å²) in [4.78, 5) is 12.4. The highest BCUT2D eigenvalue weighted by Gasteiger charge is 2.39. The standard InChI is InChI=1S/C17H26N2O3/c1-13-4-6-15(7-5-13)22-14(2)12-19-16(20)17(21-3)8-10-18-11-9-17/h4-7,14,18H,8-12H2,1-3H3,(H,19,20). The smallest absolute Gasteiger partial charge is 0.252 e. The zero-order chi connectivity index (χ0) is 16.0. The van der Waals surface area contributed by atoms with Gasteiger partial charge >= 0.3 is 0 Å². The van der Waals surface area contributed by atoms with Crippen molar-refractivity contribution in [2.24, 2.45) is 0 Å². The van der Waals surface area contributed by atoms with E-state index in [1.165, 1.54) is 5.56 Å². The maximum atomic E-state index is 12.4. The number of nitrogens with one attached hydrogen (secondary N) is 2. The van der Waals surface area contributed by atoms with Crippen molar-refractivity contribution in [3.05, 3.63) is 29.8 Å². The van der Waals surface area contributed by atoms with Crippen LogP contribution in [0.5, 0.6) is 5.75 Å². The second-order valence-corrected chi connectivity index (χ2v) is 5.90. The molecule has 0 saturated carbocycles. The second-order valence-electron chi connectivity index (χ2n) is 5.90. The minimum atomic E-state index is -0.700. The molecule has 1 saturated heterocycles. The highest BCUT2D eigenvalue weighted by Crippen LogP contribution is 2.22. The Labute approximate surface area is 132 Å². The first-order chi connectivity index (χ1) is 10.6. The third-order valence-corrected chi connectivity index (χ3v) is 4.12. The molecule has 22 heavy (non-hydrogen) atoms. The van der Waals surface area contributed by atoms with E-state index in [0.717, 1.165) is 18.8 Å². The monoisotopic (exact) mass is 306 g/mol.